The molecule has 2 aromatic carbocycles. The predicted octanol–water partition coefficient (Wildman–Crippen LogP) is 6.41. The molecule has 0 unspecified atom stereocenters. The third-order valence-electron chi connectivity index (χ3n) is 6.70. The largest absolute Gasteiger partial charge is 0.362 e. The van der Waals surface area contributed by atoms with Crippen molar-refractivity contribution >= 4 is 64.6 Å². The van der Waals surface area contributed by atoms with Gasteiger partial charge in [0.1, 0.15) is 11.3 Å². The van der Waals surface area contributed by atoms with Crippen LogP contribution in [0.15, 0.2) is 51.0 Å². The van der Waals surface area contributed by atoms with Crippen molar-refractivity contribution in [3.8, 4) is 0 Å². The van der Waals surface area contributed by atoms with Gasteiger partial charge in [-0.3, -0.25) is 14.4 Å². The minimum absolute atomic E-state index is 0.0633. The van der Waals surface area contributed by atoms with Gasteiger partial charge in [-0.25, -0.2) is 0 Å². The highest BCUT2D eigenvalue weighted by Crippen LogP contribution is 2.42. The number of hydrogen-bond donors (Lipinski definition) is 2. The molecule has 0 aliphatic carbocycles. The topological polar surface area (TPSA) is 85.5 Å². The lowest BCUT2D eigenvalue weighted by Crippen LogP contribution is -2.32. The van der Waals surface area contributed by atoms with Gasteiger partial charge in [0.2, 0.25) is 6.41 Å². The van der Waals surface area contributed by atoms with Crippen molar-refractivity contribution in [2.24, 2.45) is 0 Å². The predicted molar refractivity (Wildman–Crippen MR) is 159 cm³/mol. The molecule has 13 heteroatoms. The molecule has 41 heavy (non-hydrogen) atoms. The molecule has 3 aromatic rings. The van der Waals surface area contributed by atoms with E-state index < -0.39 is 22.5 Å². The molecular formula is C28H27Cl3F2N4O3S. The maximum atomic E-state index is 14.0. The van der Waals surface area contributed by atoms with Crippen LogP contribution in [-0.4, -0.2) is 42.3 Å². The molecular weight excluding hydrogens is 617 g/mol. The summed E-state index contributed by atoms with van der Waals surface area (Å²) in [6, 6.07) is 9.56. The molecule has 0 saturated heterocycles. The van der Waals surface area contributed by atoms with Gasteiger partial charge in [-0.15, -0.1) is 0 Å². The number of amides is 2. The molecule has 0 atom stereocenters. The summed E-state index contributed by atoms with van der Waals surface area (Å²) in [5.41, 5.74) is 1.22. The Hall–Kier alpha value is -2.63. The van der Waals surface area contributed by atoms with Crippen molar-refractivity contribution in [2.75, 3.05) is 25.0 Å². The fourth-order valence-electron chi connectivity index (χ4n) is 4.66. The van der Waals surface area contributed by atoms with Crippen molar-refractivity contribution in [2.45, 2.75) is 48.0 Å². The van der Waals surface area contributed by atoms with Crippen LogP contribution in [0.4, 0.5) is 14.5 Å². The first-order valence-corrected chi connectivity index (χ1v) is 14.7. The number of halogens is 5. The second-order valence-electron chi connectivity index (χ2n) is 9.42. The van der Waals surface area contributed by atoms with Crippen LogP contribution in [-0.2, 0) is 29.7 Å². The van der Waals surface area contributed by atoms with Gasteiger partial charge in [0, 0.05) is 35.1 Å². The number of benzene rings is 2. The summed E-state index contributed by atoms with van der Waals surface area (Å²) in [5, 5.41) is -0.366. The first kappa shape index (κ1) is 31.3. The Bertz CT molecular complexity index is 1510. The van der Waals surface area contributed by atoms with Gasteiger partial charge in [0.25, 0.3) is 11.5 Å². The number of anilines is 1. The molecule has 1 aliphatic heterocycles. The average molecular weight is 644 g/mol. The molecule has 218 valence electrons. The van der Waals surface area contributed by atoms with Crippen LogP contribution < -0.4 is 15.8 Å². The van der Waals surface area contributed by atoms with E-state index in [0.29, 0.717) is 17.9 Å². The lowest BCUT2D eigenvalue weighted by molar-refractivity contribution is -0.107. The summed E-state index contributed by atoms with van der Waals surface area (Å²) < 4.78 is 28.1. The molecule has 0 fully saturated rings. The van der Waals surface area contributed by atoms with E-state index >= 15 is 0 Å². The number of fused-ring (bicyclic) bond motifs is 1. The van der Waals surface area contributed by atoms with Crippen LogP contribution in [0.1, 0.15) is 46.1 Å². The minimum atomic E-state index is -3.88. The van der Waals surface area contributed by atoms with Crippen LogP contribution >= 0.6 is 46.6 Å². The summed E-state index contributed by atoms with van der Waals surface area (Å²) in [4.78, 5) is 44.3. The number of aryl methyl sites for hydroxylation is 1. The summed E-state index contributed by atoms with van der Waals surface area (Å²) in [6.45, 7) is 3.62. The Morgan fingerprint density at radius 2 is 1.85 bits per heavy atom. The third-order valence-corrected chi connectivity index (χ3v) is 8.94. The number of carbonyl (C=O) groups is 2. The number of rotatable bonds is 11. The van der Waals surface area contributed by atoms with Crippen molar-refractivity contribution in [1.29, 1.82) is 0 Å². The smallest absolute Gasteiger partial charge is 0.330 e. The number of alkyl halides is 3. The van der Waals surface area contributed by atoms with E-state index in [9.17, 15) is 23.2 Å². The number of nitrogens with zero attached hydrogens (tertiary/aromatic N) is 2. The molecule has 4 rings (SSSR count). The number of aromatic nitrogens is 1. The fourth-order valence-corrected chi connectivity index (χ4v) is 6.40. The van der Waals surface area contributed by atoms with Gasteiger partial charge in [0.05, 0.1) is 10.0 Å². The summed E-state index contributed by atoms with van der Waals surface area (Å²) in [7, 11) is 1.84. The minimum Gasteiger partial charge on any atom is -0.330 e. The van der Waals surface area contributed by atoms with E-state index in [2.05, 4.69) is 10.3 Å². The van der Waals surface area contributed by atoms with Crippen LogP contribution in [0.2, 0.25) is 10.0 Å². The average Bonchev–Trinajstić information content (AvgIpc) is 3.34. The summed E-state index contributed by atoms with van der Waals surface area (Å²) >= 11 is 18.6. The number of aromatic amines is 1. The molecule has 0 radical (unpaired) electrons. The lowest BCUT2D eigenvalue weighted by Gasteiger charge is -2.21. The standard InChI is InChI=1S/C28H27Cl3F2N4O3S/c1-3-16-10-17-13-37(14-18(17)11-21(16)36(15-38)9-5-8-34-2)27(40)24-22(12-23(28(31,32)33)35-26(24)39)41-25-19(29)6-4-7-20(25)30/h4,6-7,10-12,15,34H,3,5,8-9,13-14H2,1-2H3,(H,35,39). The Labute approximate surface area is 255 Å². The molecule has 0 spiro atoms. The highest BCUT2D eigenvalue weighted by atomic mass is 35.5. The second kappa shape index (κ2) is 13.1. The number of H-pyrrole nitrogens is 1. The monoisotopic (exact) mass is 642 g/mol. The molecule has 0 saturated carbocycles. The number of nitrogens with one attached hydrogen (secondary N) is 2. The highest BCUT2D eigenvalue weighted by molar-refractivity contribution is 7.99. The van der Waals surface area contributed by atoms with Gasteiger partial charge in [-0.05, 0) is 79.0 Å². The van der Waals surface area contributed by atoms with Crippen molar-refractivity contribution in [3.05, 3.63) is 84.7 Å². The quantitative estimate of drug-likeness (QED) is 0.143. The van der Waals surface area contributed by atoms with Crippen LogP contribution in [0.5, 0.6) is 0 Å². The highest BCUT2D eigenvalue weighted by Gasteiger charge is 2.34. The lowest BCUT2D eigenvalue weighted by atomic mass is 10.0. The van der Waals surface area contributed by atoms with Gasteiger partial charge < -0.3 is 20.1 Å². The molecule has 2 heterocycles. The zero-order valence-electron chi connectivity index (χ0n) is 22.2. The second-order valence-corrected chi connectivity index (χ2v) is 11.8. The summed E-state index contributed by atoms with van der Waals surface area (Å²) in [6.07, 6.45) is 2.22. The van der Waals surface area contributed by atoms with E-state index in [0.717, 1.165) is 59.6 Å². The third kappa shape index (κ3) is 6.89. The first-order chi connectivity index (χ1) is 19.5. The molecule has 1 aromatic heterocycles. The van der Waals surface area contributed by atoms with E-state index in [1.165, 1.54) is 4.90 Å². The zero-order chi connectivity index (χ0) is 29.9. The first-order valence-electron chi connectivity index (χ1n) is 12.7. The van der Waals surface area contributed by atoms with Crippen LogP contribution in [0, 0.1) is 0 Å². The molecule has 2 N–H and O–H groups in total. The van der Waals surface area contributed by atoms with Crippen LogP contribution in [0.3, 0.4) is 0 Å². The maximum Gasteiger partial charge on any atom is 0.362 e. The summed E-state index contributed by atoms with van der Waals surface area (Å²) in [5.74, 6) is -0.654. The zero-order valence-corrected chi connectivity index (χ0v) is 25.3. The number of carbonyl (C=O) groups excluding carboxylic acids is 2. The van der Waals surface area contributed by atoms with Crippen LogP contribution in [0.25, 0.3) is 0 Å². The maximum absolute atomic E-state index is 14.0. The van der Waals surface area contributed by atoms with Gasteiger partial charge >= 0.3 is 5.38 Å². The van der Waals surface area contributed by atoms with Crippen molar-refractivity contribution in [1.82, 2.24) is 15.2 Å². The van der Waals surface area contributed by atoms with Gasteiger partial charge in [-0.1, -0.05) is 54.0 Å². The van der Waals surface area contributed by atoms with E-state index in [1.807, 2.05) is 26.1 Å². The van der Waals surface area contributed by atoms with E-state index in [1.54, 1.807) is 23.1 Å². The van der Waals surface area contributed by atoms with Gasteiger partial charge in [-0.2, -0.15) is 8.78 Å². The van der Waals surface area contributed by atoms with E-state index in [-0.39, 0.29) is 33.6 Å². The molecule has 1 aliphatic rings. The number of hydrogen-bond acceptors (Lipinski definition) is 5. The van der Waals surface area contributed by atoms with Crippen molar-refractivity contribution < 1.29 is 18.4 Å². The Kier molecular flexibility index (Phi) is 10.0. The Morgan fingerprint density at radius 3 is 2.44 bits per heavy atom. The SMILES string of the molecule is CCc1cc2c(cc1N(C=O)CCCNC)CN(C(=O)c1c(Sc3c(Cl)cccc3Cl)cc(C(F)(F)Cl)[nH]c1=O)C2. The normalized spacial score (nSPS) is 12.9. The number of pyridine rings is 1. The Balaban J connectivity index is 1.71. The Morgan fingerprint density at radius 1 is 1.20 bits per heavy atom. The van der Waals surface area contributed by atoms with E-state index in [4.69, 9.17) is 34.8 Å². The van der Waals surface area contributed by atoms with Gasteiger partial charge in [0.15, 0.2) is 0 Å². The molecule has 7 nitrogen and oxygen atoms in total. The molecule has 0 bridgehead atoms. The van der Waals surface area contributed by atoms with Crippen molar-refractivity contribution in [3.63, 3.8) is 0 Å². The fraction of sp³-hybridized carbons (Fsp3) is 0.321. The molecule has 2 amide bonds.